The van der Waals surface area contributed by atoms with E-state index in [1.165, 1.54) is 0 Å². The first-order valence-corrected chi connectivity index (χ1v) is 6.28. The van der Waals surface area contributed by atoms with Crippen molar-refractivity contribution in [3.63, 3.8) is 0 Å². The van der Waals surface area contributed by atoms with Gasteiger partial charge in [-0.3, -0.25) is 4.90 Å². The van der Waals surface area contributed by atoms with Crippen molar-refractivity contribution in [2.24, 2.45) is 0 Å². The van der Waals surface area contributed by atoms with Crippen LogP contribution in [0.4, 0.5) is 0 Å². The van der Waals surface area contributed by atoms with Gasteiger partial charge in [0.1, 0.15) is 0 Å². The Hall–Kier alpha value is -0.850. The second-order valence-electron chi connectivity index (χ2n) is 4.39. The molecule has 0 aromatic rings. The topological polar surface area (TPSA) is 30.3 Å². The molecule has 3 heteroatoms. The van der Waals surface area contributed by atoms with Crippen molar-refractivity contribution in [3.05, 3.63) is 12.7 Å². The average Bonchev–Trinajstić information content (AvgIpc) is 2.34. The number of nitrogens with zero attached hydrogens (tertiary/aromatic N) is 3. The van der Waals surface area contributed by atoms with Gasteiger partial charge in [-0.05, 0) is 12.8 Å². The molecule has 0 N–H and O–H groups in total. The molecule has 1 rings (SSSR count). The van der Waals surface area contributed by atoms with E-state index in [-0.39, 0.29) is 6.04 Å². The summed E-state index contributed by atoms with van der Waals surface area (Å²) < 4.78 is 0. The highest BCUT2D eigenvalue weighted by Gasteiger charge is 2.22. The summed E-state index contributed by atoms with van der Waals surface area (Å²) in [5.41, 5.74) is 0. The van der Waals surface area contributed by atoms with E-state index in [0.29, 0.717) is 0 Å². The van der Waals surface area contributed by atoms with Crippen LogP contribution in [-0.4, -0.2) is 48.6 Å². The number of hydrogen-bond acceptors (Lipinski definition) is 3. The van der Waals surface area contributed by atoms with Crippen LogP contribution in [0.3, 0.4) is 0 Å². The van der Waals surface area contributed by atoms with Crippen LogP contribution in [0.1, 0.15) is 26.2 Å². The second kappa shape index (κ2) is 7.43. The summed E-state index contributed by atoms with van der Waals surface area (Å²) in [6.45, 7) is 11.3. The Labute approximate surface area is 99.3 Å². The molecular formula is C13H23N3. The Morgan fingerprint density at radius 2 is 2.06 bits per heavy atom. The molecule has 0 aliphatic carbocycles. The molecule has 0 spiro atoms. The van der Waals surface area contributed by atoms with Crippen molar-refractivity contribution in [1.29, 1.82) is 5.26 Å². The average molecular weight is 221 g/mol. The fourth-order valence-electron chi connectivity index (χ4n) is 2.17. The van der Waals surface area contributed by atoms with E-state index < -0.39 is 0 Å². The van der Waals surface area contributed by atoms with Crippen molar-refractivity contribution >= 4 is 0 Å². The van der Waals surface area contributed by atoms with Gasteiger partial charge in [0.05, 0.1) is 12.1 Å². The summed E-state index contributed by atoms with van der Waals surface area (Å²) >= 11 is 0. The molecule has 0 bridgehead atoms. The molecule has 0 amide bonds. The van der Waals surface area contributed by atoms with E-state index in [2.05, 4.69) is 29.4 Å². The van der Waals surface area contributed by atoms with E-state index in [1.54, 1.807) is 0 Å². The zero-order valence-electron chi connectivity index (χ0n) is 10.4. The minimum Gasteiger partial charge on any atom is -0.300 e. The van der Waals surface area contributed by atoms with Crippen LogP contribution in [0.2, 0.25) is 0 Å². The van der Waals surface area contributed by atoms with Gasteiger partial charge in [0, 0.05) is 32.7 Å². The van der Waals surface area contributed by atoms with Crippen LogP contribution >= 0.6 is 0 Å². The first kappa shape index (κ1) is 13.2. The molecule has 0 aromatic heterocycles. The molecule has 1 aliphatic rings. The lowest BCUT2D eigenvalue weighted by molar-refractivity contribution is 0.112. The molecule has 0 saturated carbocycles. The molecule has 1 unspecified atom stereocenters. The maximum absolute atomic E-state index is 9.10. The molecular weight excluding hydrogens is 198 g/mol. The smallest absolute Gasteiger partial charge is 0.0978 e. The van der Waals surface area contributed by atoms with Gasteiger partial charge >= 0.3 is 0 Å². The molecule has 1 saturated heterocycles. The van der Waals surface area contributed by atoms with Gasteiger partial charge in [-0.1, -0.05) is 19.4 Å². The SMILES string of the molecule is C=CCCN1CCN(C(C#N)CCC)CC1. The van der Waals surface area contributed by atoms with Gasteiger partial charge in [0.15, 0.2) is 0 Å². The lowest BCUT2D eigenvalue weighted by atomic mass is 10.1. The van der Waals surface area contributed by atoms with Crippen LogP contribution in [-0.2, 0) is 0 Å². The van der Waals surface area contributed by atoms with E-state index in [4.69, 9.17) is 5.26 Å². The monoisotopic (exact) mass is 221 g/mol. The van der Waals surface area contributed by atoms with Crippen LogP contribution < -0.4 is 0 Å². The van der Waals surface area contributed by atoms with Crippen molar-refractivity contribution < 1.29 is 0 Å². The minimum atomic E-state index is 0.131. The maximum Gasteiger partial charge on any atom is 0.0978 e. The molecule has 0 aromatic carbocycles. The summed E-state index contributed by atoms with van der Waals surface area (Å²) in [5, 5.41) is 9.10. The van der Waals surface area contributed by atoms with Crippen LogP contribution in [0, 0.1) is 11.3 Å². The molecule has 1 heterocycles. The number of nitriles is 1. The van der Waals surface area contributed by atoms with Crippen molar-refractivity contribution in [2.45, 2.75) is 32.2 Å². The van der Waals surface area contributed by atoms with Gasteiger partial charge in [-0.25, -0.2) is 0 Å². The van der Waals surface area contributed by atoms with E-state index in [9.17, 15) is 0 Å². The molecule has 90 valence electrons. The van der Waals surface area contributed by atoms with Gasteiger partial charge in [0.25, 0.3) is 0 Å². The lowest BCUT2D eigenvalue weighted by Crippen LogP contribution is -2.50. The van der Waals surface area contributed by atoms with Crippen molar-refractivity contribution in [2.75, 3.05) is 32.7 Å². The first-order chi connectivity index (χ1) is 7.81. The first-order valence-electron chi connectivity index (χ1n) is 6.28. The third kappa shape index (κ3) is 3.96. The van der Waals surface area contributed by atoms with E-state index >= 15 is 0 Å². The number of hydrogen-bond donors (Lipinski definition) is 0. The highest BCUT2D eigenvalue weighted by atomic mass is 15.3. The summed E-state index contributed by atoms with van der Waals surface area (Å²) in [6, 6.07) is 2.55. The normalized spacial score (nSPS) is 20.2. The predicted octanol–water partition coefficient (Wildman–Crippen LogP) is 1.87. The van der Waals surface area contributed by atoms with Crippen LogP contribution in [0.15, 0.2) is 12.7 Å². The number of piperazine rings is 1. The van der Waals surface area contributed by atoms with Crippen molar-refractivity contribution in [1.82, 2.24) is 9.80 Å². The maximum atomic E-state index is 9.10. The quantitative estimate of drug-likeness (QED) is 0.641. The second-order valence-corrected chi connectivity index (χ2v) is 4.39. The number of rotatable bonds is 6. The summed E-state index contributed by atoms with van der Waals surface area (Å²) in [5.74, 6) is 0. The van der Waals surface area contributed by atoms with E-state index in [1.807, 2.05) is 6.08 Å². The van der Waals surface area contributed by atoms with Crippen LogP contribution in [0.5, 0.6) is 0 Å². The minimum absolute atomic E-state index is 0.131. The Bertz CT molecular complexity index is 236. The highest BCUT2D eigenvalue weighted by Crippen LogP contribution is 2.10. The summed E-state index contributed by atoms with van der Waals surface area (Å²) in [4.78, 5) is 4.78. The van der Waals surface area contributed by atoms with E-state index in [0.717, 1.165) is 52.0 Å². The summed E-state index contributed by atoms with van der Waals surface area (Å²) in [7, 11) is 0. The highest BCUT2D eigenvalue weighted by molar-refractivity contribution is 4.93. The Kier molecular flexibility index (Phi) is 6.14. The predicted molar refractivity (Wildman–Crippen MR) is 67.1 cm³/mol. The molecule has 0 radical (unpaired) electrons. The van der Waals surface area contributed by atoms with Gasteiger partial charge in [-0.15, -0.1) is 6.58 Å². The largest absolute Gasteiger partial charge is 0.300 e. The lowest BCUT2D eigenvalue weighted by Gasteiger charge is -2.36. The molecule has 1 atom stereocenters. The van der Waals surface area contributed by atoms with Crippen molar-refractivity contribution in [3.8, 4) is 6.07 Å². The third-order valence-corrected chi connectivity index (χ3v) is 3.21. The van der Waals surface area contributed by atoms with Gasteiger partial charge < -0.3 is 4.90 Å². The molecule has 1 aliphatic heterocycles. The van der Waals surface area contributed by atoms with Gasteiger partial charge in [0.2, 0.25) is 0 Å². The standard InChI is InChI=1S/C13H23N3/c1-3-5-7-15-8-10-16(11-9-15)13(12-14)6-4-2/h3,13H,1,4-11H2,2H3. The molecule has 3 nitrogen and oxygen atoms in total. The van der Waals surface area contributed by atoms with Crippen LogP contribution in [0.25, 0.3) is 0 Å². The Morgan fingerprint density at radius 1 is 1.38 bits per heavy atom. The Balaban J connectivity index is 2.30. The fourth-order valence-corrected chi connectivity index (χ4v) is 2.17. The third-order valence-electron chi connectivity index (χ3n) is 3.21. The Morgan fingerprint density at radius 3 is 2.56 bits per heavy atom. The van der Waals surface area contributed by atoms with Gasteiger partial charge in [-0.2, -0.15) is 5.26 Å². The molecule has 16 heavy (non-hydrogen) atoms. The zero-order valence-corrected chi connectivity index (χ0v) is 10.4. The summed E-state index contributed by atoms with van der Waals surface area (Å²) in [6.07, 6.45) is 5.14. The fraction of sp³-hybridized carbons (Fsp3) is 0.769. The molecule has 1 fully saturated rings. The zero-order chi connectivity index (χ0) is 11.8.